The molecule has 0 spiro atoms. The molecule has 1 atom stereocenters. The van der Waals surface area contributed by atoms with Crippen molar-refractivity contribution >= 4 is 11.9 Å². The summed E-state index contributed by atoms with van der Waals surface area (Å²) in [5, 5.41) is 0. The number of benzene rings is 1. The van der Waals surface area contributed by atoms with E-state index >= 15 is 0 Å². The van der Waals surface area contributed by atoms with Gasteiger partial charge in [-0.05, 0) is 69.4 Å². The van der Waals surface area contributed by atoms with Crippen molar-refractivity contribution in [2.24, 2.45) is 5.92 Å². The summed E-state index contributed by atoms with van der Waals surface area (Å²) in [5.41, 5.74) is 2.78. The van der Waals surface area contributed by atoms with Crippen LogP contribution < -0.4 is 0 Å². The summed E-state index contributed by atoms with van der Waals surface area (Å²) in [4.78, 5) is 27.4. The van der Waals surface area contributed by atoms with Crippen LogP contribution in [0.2, 0.25) is 0 Å². The van der Waals surface area contributed by atoms with Crippen LogP contribution in [0.3, 0.4) is 0 Å². The van der Waals surface area contributed by atoms with Gasteiger partial charge in [-0.25, -0.2) is 0 Å². The van der Waals surface area contributed by atoms with Gasteiger partial charge < -0.3 is 14.2 Å². The number of likely N-dealkylation sites (tertiary alicyclic amines) is 1. The molecule has 0 radical (unpaired) electrons. The maximum Gasteiger partial charge on any atom is 0.416 e. The Morgan fingerprint density at radius 1 is 1.16 bits per heavy atom. The molecule has 32 heavy (non-hydrogen) atoms. The monoisotopic (exact) mass is 450 g/mol. The van der Waals surface area contributed by atoms with Crippen molar-refractivity contribution in [1.82, 2.24) is 9.47 Å². The molecule has 1 amide bonds. The maximum absolute atomic E-state index is 13.5. The highest BCUT2D eigenvalue weighted by atomic mass is 19.4. The zero-order valence-electron chi connectivity index (χ0n) is 18.9. The van der Waals surface area contributed by atoms with Gasteiger partial charge in [0, 0.05) is 25.3 Å². The highest BCUT2D eigenvalue weighted by molar-refractivity contribution is 5.95. The number of nitrogens with zero attached hydrogens (tertiary/aromatic N) is 2. The number of ether oxygens (including phenoxy) is 1. The highest BCUT2D eigenvalue weighted by Crippen LogP contribution is 2.31. The van der Waals surface area contributed by atoms with Gasteiger partial charge in [-0.15, -0.1) is 0 Å². The molecular formula is C24H29F3N2O3. The summed E-state index contributed by atoms with van der Waals surface area (Å²) >= 11 is 0. The molecular weight excluding hydrogens is 421 g/mol. The van der Waals surface area contributed by atoms with E-state index in [1.54, 1.807) is 22.5 Å². The Kier molecular flexibility index (Phi) is 7.00. The van der Waals surface area contributed by atoms with Crippen molar-refractivity contribution in [3.63, 3.8) is 0 Å². The third kappa shape index (κ3) is 4.84. The van der Waals surface area contributed by atoms with Gasteiger partial charge in [0.05, 0.1) is 18.1 Å². The topological polar surface area (TPSA) is 51.5 Å². The van der Waals surface area contributed by atoms with E-state index in [-0.39, 0.29) is 30.9 Å². The number of alkyl halides is 3. The van der Waals surface area contributed by atoms with Crippen LogP contribution in [0.5, 0.6) is 0 Å². The van der Waals surface area contributed by atoms with E-state index in [0.717, 1.165) is 29.0 Å². The average Bonchev–Trinajstić information content (AvgIpc) is 2.96. The van der Waals surface area contributed by atoms with Crippen molar-refractivity contribution in [2.45, 2.75) is 53.3 Å². The molecule has 8 heteroatoms. The van der Waals surface area contributed by atoms with E-state index in [4.69, 9.17) is 4.74 Å². The van der Waals surface area contributed by atoms with Crippen LogP contribution in [0, 0.1) is 26.7 Å². The minimum absolute atomic E-state index is 0.153. The van der Waals surface area contributed by atoms with E-state index in [1.165, 1.54) is 6.07 Å². The van der Waals surface area contributed by atoms with Crippen LogP contribution >= 0.6 is 0 Å². The van der Waals surface area contributed by atoms with Gasteiger partial charge in [-0.2, -0.15) is 13.2 Å². The van der Waals surface area contributed by atoms with Crippen LogP contribution in [-0.4, -0.2) is 41.0 Å². The second-order valence-corrected chi connectivity index (χ2v) is 8.31. The fourth-order valence-corrected chi connectivity index (χ4v) is 4.29. The second kappa shape index (κ2) is 9.38. The van der Waals surface area contributed by atoms with Gasteiger partial charge in [-0.3, -0.25) is 9.59 Å². The lowest BCUT2D eigenvalue weighted by Crippen LogP contribution is -2.43. The second-order valence-electron chi connectivity index (χ2n) is 8.31. The summed E-state index contributed by atoms with van der Waals surface area (Å²) in [6.07, 6.45) is -3.06. The largest absolute Gasteiger partial charge is 0.466 e. The number of rotatable bonds is 5. The Hall–Kier alpha value is -2.77. The van der Waals surface area contributed by atoms with E-state index in [9.17, 15) is 22.8 Å². The third-order valence-electron chi connectivity index (χ3n) is 6.26. The first-order valence-corrected chi connectivity index (χ1v) is 10.8. The zero-order chi connectivity index (χ0) is 23.6. The third-order valence-corrected chi connectivity index (χ3v) is 6.26. The quantitative estimate of drug-likeness (QED) is 0.609. The molecule has 174 valence electrons. The smallest absolute Gasteiger partial charge is 0.416 e. The lowest BCUT2D eigenvalue weighted by atomic mass is 9.97. The number of hydrogen-bond acceptors (Lipinski definition) is 3. The van der Waals surface area contributed by atoms with Crippen molar-refractivity contribution < 1.29 is 27.5 Å². The van der Waals surface area contributed by atoms with Crippen molar-refractivity contribution in [1.29, 1.82) is 0 Å². The first-order chi connectivity index (χ1) is 15.0. The fourth-order valence-electron chi connectivity index (χ4n) is 4.29. The zero-order valence-corrected chi connectivity index (χ0v) is 18.9. The molecule has 1 saturated heterocycles. The van der Waals surface area contributed by atoms with Crippen LogP contribution in [0.15, 0.2) is 24.3 Å². The molecule has 1 unspecified atom stereocenters. The van der Waals surface area contributed by atoms with Gasteiger partial charge in [0.15, 0.2) is 0 Å². The molecule has 5 nitrogen and oxygen atoms in total. The van der Waals surface area contributed by atoms with E-state index in [0.29, 0.717) is 37.3 Å². The number of aromatic nitrogens is 1. The number of hydrogen-bond donors (Lipinski definition) is 0. The minimum Gasteiger partial charge on any atom is -0.466 e. The first-order valence-electron chi connectivity index (χ1n) is 10.8. The number of amides is 1. The summed E-state index contributed by atoms with van der Waals surface area (Å²) in [6.45, 7) is 8.63. The van der Waals surface area contributed by atoms with Gasteiger partial charge in [0.1, 0.15) is 5.69 Å². The van der Waals surface area contributed by atoms with Crippen LogP contribution in [-0.2, 0) is 22.3 Å². The molecule has 1 fully saturated rings. The van der Waals surface area contributed by atoms with Crippen molar-refractivity contribution in [3.8, 4) is 0 Å². The normalized spacial score (nSPS) is 16.8. The predicted molar refractivity (Wildman–Crippen MR) is 114 cm³/mol. The molecule has 2 aromatic rings. The van der Waals surface area contributed by atoms with Gasteiger partial charge in [0.2, 0.25) is 0 Å². The lowest BCUT2D eigenvalue weighted by molar-refractivity contribution is -0.149. The number of piperidine rings is 1. The van der Waals surface area contributed by atoms with E-state index < -0.39 is 11.7 Å². The summed E-state index contributed by atoms with van der Waals surface area (Å²) in [7, 11) is 0. The molecule has 1 aromatic heterocycles. The van der Waals surface area contributed by atoms with E-state index in [1.807, 2.05) is 20.8 Å². The van der Waals surface area contributed by atoms with Gasteiger partial charge >= 0.3 is 12.1 Å². The van der Waals surface area contributed by atoms with Crippen molar-refractivity contribution in [3.05, 3.63) is 57.9 Å². The molecule has 2 heterocycles. The average molecular weight is 451 g/mol. The van der Waals surface area contributed by atoms with Gasteiger partial charge in [0.25, 0.3) is 5.91 Å². The standard InChI is InChI=1S/C24H29F3N2O3/c1-5-32-23(31)19-9-7-11-28(14-19)22(30)21-16(3)15(2)17(4)29(21)13-18-8-6-10-20(12-18)24(25,26)27/h6,8,10,12,19H,5,7,9,11,13-14H2,1-4H3. The van der Waals surface area contributed by atoms with Crippen LogP contribution in [0.4, 0.5) is 13.2 Å². The molecule has 0 N–H and O–H groups in total. The molecule has 3 rings (SSSR count). The molecule has 0 saturated carbocycles. The summed E-state index contributed by atoms with van der Waals surface area (Å²) in [6, 6.07) is 5.17. The Morgan fingerprint density at radius 2 is 1.88 bits per heavy atom. The molecule has 1 aromatic carbocycles. The number of carbonyl (C=O) groups is 2. The minimum atomic E-state index is -4.43. The maximum atomic E-state index is 13.5. The molecule has 0 aliphatic carbocycles. The number of esters is 1. The number of halogens is 3. The van der Waals surface area contributed by atoms with Crippen molar-refractivity contribution in [2.75, 3.05) is 19.7 Å². The van der Waals surface area contributed by atoms with Crippen LogP contribution in [0.1, 0.15) is 58.2 Å². The Labute approximate surface area is 186 Å². The summed E-state index contributed by atoms with van der Waals surface area (Å²) in [5.74, 6) is -0.866. The Morgan fingerprint density at radius 3 is 2.53 bits per heavy atom. The number of carbonyl (C=O) groups excluding carboxylic acids is 2. The summed E-state index contributed by atoms with van der Waals surface area (Å²) < 4.78 is 46.4. The van der Waals surface area contributed by atoms with E-state index in [2.05, 4.69) is 0 Å². The predicted octanol–water partition coefficient (Wildman–Crippen LogP) is 4.90. The van der Waals surface area contributed by atoms with Crippen LogP contribution in [0.25, 0.3) is 0 Å². The lowest BCUT2D eigenvalue weighted by Gasteiger charge is -2.32. The SMILES string of the molecule is CCOC(=O)C1CCCN(C(=O)c2c(C)c(C)c(C)n2Cc2cccc(C(F)(F)F)c2)C1. The van der Waals surface area contributed by atoms with Gasteiger partial charge in [-0.1, -0.05) is 12.1 Å². The highest BCUT2D eigenvalue weighted by Gasteiger charge is 2.33. The molecule has 1 aliphatic rings. The molecule has 0 bridgehead atoms. The first kappa shape index (κ1) is 23.9. The molecule has 1 aliphatic heterocycles. The Bertz CT molecular complexity index is 1010. The Balaban J connectivity index is 1.92. The fraction of sp³-hybridized carbons (Fsp3) is 0.500.